The molecule has 10 atom stereocenters. The number of aliphatic carboxylic acids is 1. The molecule has 0 spiro atoms. The molecule has 0 radical (unpaired) electrons. The summed E-state index contributed by atoms with van der Waals surface area (Å²) in [4.78, 5) is 11.1. The van der Waals surface area contributed by atoms with Crippen molar-refractivity contribution in [2.24, 2.45) is 46.3 Å². The van der Waals surface area contributed by atoms with E-state index in [0.717, 1.165) is 32.1 Å². The standard InChI is InChI=1S/C24H40O4/c1-14(4-7-22(27)28)17-5-6-18-16-13-21(26)20-12-15(25)8-10-24(20,3)19(16)9-11-23(17,18)2/h14-21,25-26H,4-13H2,1-3H3,(H,27,28)/t14-,15?,16+,17-,18+,19+,20+,21?,23-,24-/m1/s1. The maximum atomic E-state index is 11.1. The van der Waals surface area contributed by atoms with Crippen molar-refractivity contribution in [3.8, 4) is 0 Å². The van der Waals surface area contributed by atoms with Gasteiger partial charge in [0.2, 0.25) is 0 Å². The van der Waals surface area contributed by atoms with E-state index in [2.05, 4.69) is 20.8 Å². The first kappa shape index (κ1) is 20.7. The molecule has 0 saturated heterocycles. The molecular weight excluding hydrogens is 352 g/mol. The van der Waals surface area contributed by atoms with E-state index >= 15 is 0 Å². The zero-order chi connectivity index (χ0) is 20.3. The zero-order valence-electron chi connectivity index (χ0n) is 17.9. The van der Waals surface area contributed by atoms with Gasteiger partial charge in [-0.15, -0.1) is 0 Å². The molecule has 4 nitrogen and oxygen atoms in total. The monoisotopic (exact) mass is 392 g/mol. The summed E-state index contributed by atoms with van der Waals surface area (Å²) in [6, 6.07) is 0. The molecule has 0 aliphatic heterocycles. The van der Waals surface area contributed by atoms with Crippen molar-refractivity contribution in [1.29, 1.82) is 0 Å². The lowest BCUT2D eigenvalue weighted by molar-refractivity contribution is -0.172. The first-order chi connectivity index (χ1) is 13.2. The summed E-state index contributed by atoms with van der Waals surface area (Å²) in [7, 11) is 0. The first-order valence-electron chi connectivity index (χ1n) is 11.7. The molecule has 0 aromatic carbocycles. The summed E-state index contributed by atoms with van der Waals surface area (Å²) in [5, 5.41) is 30.4. The van der Waals surface area contributed by atoms with E-state index < -0.39 is 5.97 Å². The lowest BCUT2D eigenvalue weighted by Gasteiger charge is -2.62. The molecule has 4 saturated carbocycles. The molecule has 4 rings (SSSR count). The van der Waals surface area contributed by atoms with Crippen molar-refractivity contribution in [2.45, 2.75) is 97.2 Å². The fourth-order valence-corrected chi connectivity index (χ4v) is 8.81. The summed E-state index contributed by atoms with van der Waals surface area (Å²) in [5.41, 5.74) is 0.478. The van der Waals surface area contributed by atoms with Crippen LogP contribution < -0.4 is 0 Å². The predicted octanol–water partition coefficient (Wildman–Crippen LogP) is 4.48. The van der Waals surface area contributed by atoms with E-state index in [1.54, 1.807) is 0 Å². The average Bonchev–Trinajstić information content (AvgIpc) is 2.99. The number of aliphatic hydroxyl groups excluding tert-OH is 2. The highest BCUT2D eigenvalue weighted by molar-refractivity contribution is 5.66. The summed E-state index contributed by atoms with van der Waals surface area (Å²) in [6.45, 7) is 7.16. The number of hydrogen-bond acceptors (Lipinski definition) is 3. The number of fused-ring (bicyclic) bond motifs is 5. The van der Waals surface area contributed by atoms with Crippen molar-refractivity contribution in [3.05, 3.63) is 0 Å². The smallest absolute Gasteiger partial charge is 0.303 e. The Morgan fingerprint density at radius 3 is 2.36 bits per heavy atom. The summed E-state index contributed by atoms with van der Waals surface area (Å²) < 4.78 is 0. The van der Waals surface area contributed by atoms with Crippen molar-refractivity contribution >= 4 is 5.97 Å². The Kier molecular flexibility index (Phi) is 5.36. The van der Waals surface area contributed by atoms with Crippen LogP contribution in [0.5, 0.6) is 0 Å². The maximum absolute atomic E-state index is 11.1. The van der Waals surface area contributed by atoms with Gasteiger partial charge in [-0.2, -0.15) is 0 Å². The third-order valence-electron chi connectivity index (χ3n) is 10.2. The number of carbonyl (C=O) groups is 1. The second-order valence-electron chi connectivity index (χ2n) is 11.4. The van der Waals surface area contributed by atoms with E-state index in [0.29, 0.717) is 35.0 Å². The Hall–Kier alpha value is -0.610. The molecule has 0 aromatic rings. The Morgan fingerprint density at radius 2 is 1.64 bits per heavy atom. The van der Waals surface area contributed by atoms with E-state index in [1.807, 2.05) is 0 Å². The van der Waals surface area contributed by atoms with E-state index in [9.17, 15) is 15.0 Å². The Labute approximate surface area is 170 Å². The van der Waals surface area contributed by atoms with Gasteiger partial charge in [0, 0.05) is 6.42 Å². The van der Waals surface area contributed by atoms with Crippen molar-refractivity contribution in [1.82, 2.24) is 0 Å². The molecule has 0 aromatic heterocycles. The van der Waals surface area contributed by atoms with Crippen LogP contribution >= 0.6 is 0 Å². The van der Waals surface area contributed by atoms with Crippen LogP contribution in [-0.2, 0) is 4.79 Å². The Morgan fingerprint density at radius 1 is 0.964 bits per heavy atom. The molecule has 2 unspecified atom stereocenters. The molecule has 160 valence electrons. The summed E-state index contributed by atoms with van der Waals surface area (Å²) in [6.07, 6.45) is 9.16. The third kappa shape index (κ3) is 3.14. The van der Waals surface area contributed by atoms with Crippen LogP contribution in [-0.4, -0.2) is 33.5 Å². The predicted molar refractivity (Wildman–Crippen MR) is 109 cm³/mol. The number of aliphatic hydroxyl groups is 2. The minimum Gasteiger partial charge on any atom is -0.481 e. The van der Waals surface area contributed by atoms with Crippen molar-refractivity contribution in [3.63, 3.8) is 0 Å². The van der Waals surface area contributed by atoms with Crippen LogP contribution in [0.25, 0.3) is 0 Å². The SMILES string of the molecule is C[C@H](CCC(=O)O)[C@H]1CC[C@H]2[C@@H]3CC(O)[C@@H]4CC(O)CC[C@]4(C)[C@H]3CC[C@]12C. The van der Waals surface area contributed by atoms with Crippen LogP contribution in [0.3, 0.4) is 0 Å². The Bertz CT molecular complexity index is 605. The normalized spacial score (nSPS) is 51.7. The van der Waals surface area contributed by atoms with Gasteiger partial charge in [-0.05, 0) is 104 Å². The summed E-state index contributed by atoms with van der Waals surface area (Å²) >= 11 is 0. The van der Waals surface area contributed by atoms with Gasteiger partial charge < -0.3 is 15.3 Å². The number of hydrogen-bond donors (Lipinski definition) is 3. The van der Waals surface area contributed by atoms with Gasteiger partial charge in [0.05, 0.1) is 12.2 Å². The minimum atomic E-state index is -0.677. The molecule has 0 heterocycles. The van der Waals surface area contributed by atoms with Gasteiger partial charge >= 0.3 is 5.97 Å². The second kappa shape index (κ2) is 7.27. The van der Waals surface area contributed by atoms with Crippen LogP contribution in [0, 0.1) is 46.3 Å². The Balaban J connectivity index is 1.55. The van der Waals surface area contributed by atoms with Crippen LogP contribution in [0.15, 0.2) is 0 Å². The molecular formula is C24H40O4. The molecule has 3 N–H and O–H groups in total. The maximum Gasteiger partial charge on any atom is 0.303 e. The van der Waals surface area contributed by atoms with Gasteiger partial charge in [0.15, 0.2) is 0 Å². The molecule has 0 amide bonds. The molecule has 4 fully saturated rings. The lowest BCUT2D eigenvalue weighted by Crippen LogP contribution is -2.58. The third-order valence-corrected chi connectivity index (χ3v) is 10.2. The first-order valence-corrected chi connectivity index (χ1v) is 11.7. The van der Waals surface area contributed by atoms with Gasteiger partial charge in [-0.1, -0.05) is 20.8 Å². The number of carboxylic acid groups (broad SMARTS) is 1. The van der Waals surface area contributed by atoms with Gasteiger partial charge in [-0.3, -0.25) is 4.79 Å². The topological polar surface area (TPSA) is 77.8 Å². The molecule has 4 aliphatic rings. The zero-order valence-corrected chi connectivity index (χ0v) is 17.9. The highest BCUT2D eigenvalue weighted by Gasteiger charge is 2.62. The minimum absolute atomic E-state index is 0.176. The van der Waals surface area contributed by atoms with Gasteiger partial charge in [0.1, 0.15) is 0 Å². The largest absolute Gasteiger partial charge is 0.481 e. The lowest BCUT2D eigenvalue weighted by atomic mass is 9.44. The summed E-state index contributed by atoms with van der Waals surface area (Å²) in [5.74, 6) is 2.61. The van der Waals surface area contributed by atoms with Gasteiger partial charge in [0.25, 0.3) is 0 Å². The van der Waals surface area contributed by atoms with Crippen LogP contribution in [0.4, 0.5) is 0 Å². The molecule has 4 heteroatoms. The van der Waals surface area contributed by atoms with Crippen LogP contribution in [0.2, 0.25) is 0 Å². The molecule has 0 bridgehead atoms. The molecule has 28 heavy (non-hydrogen) atoms. The fourth-order valence-electron chi connectivity index (χ4n) is 8.81. The van der Waals surface area contributed by atoms with Crippen LogP contribution in [0.1, 0.15) is 85.0 Å². The van der Waals surface area contributed by atoms with E-state index in [4.69, 9.17) is 5.11 Å². The van der Waals surface area contributed by atoms with E-state index in [-0.39, 0.29) is 30.0 Å². The van der Waals surface area contributed by atoms with Crippen molar-refractivity contribution in [2.75, 3.05) is 0 Å². The van der Waals surface area contributed by atoms with E-state index in [1.165, 1.54) is 25.7 Å². The fraction of sp³-hybridized carbons (Fsp3) is 0.958. The quantitative estimate of drug-likeness (QED) is 0.659. The average molecular weight is 393 g/mol. The number of carboxylic acids is 1. The molecule has 4 aliphatic carbocycles. The van der Waals surface area contributed by atoms with Crippen molar-refractivity contribution < 1.29 is 20.1 Å². The van der Waals surface area contributed by atoms with Gasteiger partial charge in [-0.25, -0.2) is 0 Å². The highest BCUT2D eigenvalue weighted by atomic mass is 16.4. The number of rotatable bonds is 4. The highest BCUT2D eigenvalue weighted by Crippen LogP contribution is 2.68. The second-order valence-corrected chi connectivity index (χ2v) is 11.4.